The Balaban J connectivity index is 1.96. The minimum Gasteiger partial charge on any atom is -0.311 e. The SMILES string of the molecule is CCC1CNC(CC(C)C)CN1C(C)C1CCCC1. The Morgan fingerprint density at radius 2 is 1.84 bits per heavy atom. The molecule has 1 heterocycles. The second-order valence-corrected chi connectivity index (χ2v) is 7.28. The van der Waals surface area contributed by atoms with Crippen LogP contribution in [0.2, 0.25) is 0 Å². The Morgan fingerprint density at radius 3 is 2.42 bits per heavy atom. The monoisotopic (exact) mass is 266 g/mol. The van der Waals surface area contributed by atoms with Gasteiger partial charge in [-0.05, 0) is 44.4 Å². The van der Waals surface area contributed by atoms with Gasteiger partial charge in [0.15, 0.2) is 0 Å². The molecule has 1 N–H and O–H groups in total. The molecule has 3 unspecified atom stereocenters. The van der Waals surface area contributed by atoms with Gasteiger partial charge in [-0.25, -0.2) is 0 Å². The maximum absolute atomic E-state index is 3.79. The molecule has 0 aromatic carbocycles. The highest BCUT2D eigenvalue weighted by atomic mass is 15.3. The zero-order valence-electron chi connectivity index (χ0n) is 13.5. The minimum absolute atomic E-state index is 0.714. The van der Waals surface area contributed by atoms with Crippen molar-refractivity contribution < 1.29 is 0 Å². The van der Waals surface area contributed by atoms with Crippen LogP contribution in [-0.4, -0.2) is 36.1 Å². The number of hydrogen-bond acceptors (Lipinski definition) is 2. The average molecular weight is 266 g/mol. The molecule has 2 fully saturated rings. The molecular formula is C17H34N2. The molecule has 2 nitrogen and oxygen atoms in total. The summed E-state index contributed by atoms with van der Waals surface area (Å²) in [6.45, 7) is 12.0. The van der Waals surface area contributed by atoms with E-state index in [9.17, 15) is 0 Å². The van der Waals surface area contributed by atoms with Gasteiger partial charge >= 0.3 is 0 Å². The van der Waals surface area contributed by atoms with E-state index in [1.807, 2.05) is 0 Å². The van der Waals surface area contributed by atoms with Crippen LogP contribution in [0.3, 0.4) is 0 Å². The van der Waals surface area contributed by atoms with Gasteiger partial charge in [0.25, 0.3) is 0 Å². The highest BCUT2D eigenvalue weighted by Gasteiger charge is 2.34. The summed E-state index contributed by atoms with van der Waals surface area (Å²) in [5.74, 6) is 1.77. The van der Waals surface area contributed by atoms with E-state index < -0.39 is 0 Å². The van der Waals surface area contributed by atoms with E-state index in [1.165, 1.54) is 51.6 Å². The molecule has 2 heteroatoms. The van der Waals surface area contributed by atoms with Crippen molar-refractivity contribution in [1.82, 2.24) is 10.2 Å². The van der Waals surface area contributed by atoms with Gasteiger partial charge in [-0.2, -0.15) is 0 Å². The van der Waals surface area contributed by atoms with Crippen LogP contribution in [0.15, 0.2) is 0 Å². The zero-order chi connectivity index (χ0) is 13.8. The summed E-state index contributed by atoms with van der Waals surface area (Å²) >= 11 is 0. The van der Waals surface area contributed by atoms with Crippen LogP contribution in [0, 0.1) is 11.8 Å². The Labute approximate surface area is 120 Å². The molecule has 0 radical (unpaired) electrons. The maximum atomic E-state index is 3.79. The zero-order valence-corrected chi connectivity index (χ0v) is 13.5. The van der Waals surface area contributed by atoms with E-state index in [4.69, 9.17) is 0 Å². The summed E-state index contributed by atoms with van der Waals surface area (Å²) in [4.78, 5) is 2.85. The molecule has 1 aliphatic heterocycles. The first-order chi connectivity index (χ1) is 9.11. The van der Waals surface area contributed by atoms with E-state index in [2.05, 4.69) is 37.9 Å². The van der Waals surface area contributed by atoms with E-state index in [-0.39, 0.29) is 0 Å². The van der Waals surface area contributed by atoms with Crippen LogP contribution in [0.1, 0.15) is 66.2 Å². The fourth-order valence-electron chi connectivity index (χ4n) is 4.20. The van der Waals surface area contributed by atoms with Gasteiger partial charge in [-0.1, -0.05) is 33.6 Å². The van der Waals surface area contributed by atoms with Crippen LogP contribution in [0.4, 0.5) is 0 Å². The van der Waals surface area contributed by atoms with Crippen molar-refractivity contribution in [1.29, 1.82) is 0 Å². The standard InChI is InChI=1S/C17H34N2/c1-5-17-11-18-16(10-13(2)3)12-19(17)14(4)15-8-6-7-9-15/h13-18H,5-12H2,1-4H3. The smallest absolute Gasteiger partial charge is 0.0221 e. The summed E-state index contributed by atoms with van der Waals surface area (Å²) < 4.78 is 0. The molecule has 3 atom stereocenters. The summed E-state index contributed by atoms with van der Waals surface area (Å²) in [6, 6.07) is 2.27. The first kappa shape index (κ1) is 15.3. The predicted octanol–water partition coefficient (Wildman–Crippen LogP) is 3.66. The van der Waals surface area contributed by atoms with E-state index >= 15 is 0 Å². The maximum Gasteiger partial charge on any atom is 0.0221 e. The minimum atomic E-state index is 0.714. The van der Waals surface area contributed by atoms with Gasteiger partial charge in [0.1, 0.15) is 0 Å². The van der Waals surface area contributed by atoms with E-state index in [0.29, 0.717) is 6.04 Å². The average Bonchev–Trinajstić information content (AvgIpc) is 2.91. The molecule has 2 rings (SSSR count). The first-order valence-electron chi connectivity index (χ1n) is 8.61. The molecule has 112 valence electrons. The summed E-state index contributed by atoms with van der Waals surface area (Å²) in [7, 11) is 0. The van der Waals surface area contributed by atoms with Crippen LogP contribution in [-0.2, 0) is 0 Å². The molecular weight excluding hydrogens is 232 g/mol. The topological polar surface area (TPSA) is 15.3 Å². The van der Waals surface area contributed by atoms with Crippen LogP contribution in [0.25, 0.3) is 0 Å². The van der Waals surface area contributed by atoms with Gasteiger partial charge in [-0.15, -0.1) is 0 Å². The summed E-state index contributed by atoms with van der Waals surface area (Å²) in [5, 5.41) is 3.79. The Bertz CT molecular complexity index is 258. The molecule has 0 aromatic heterocycles. The van der Waals surface area contributed by atoms with Crippen LogP contribution >= 0.6 is 0 Å². The predicted molar refractivity (Wildman–Crippen MR) is 83.5 cm³/mol. The molecule has 1 saturated heterocycles. The third-order valence-electron chi connectivity index (χ3n) is 5.37. The number of nitrogens with one attached hydrogen (secondary N) is 1. The third-order valence-corrected chi connectivity index (χ3v) is 5.37. The van der Waals surface area contributed by atoms with Gasteiger partial charge in [0, 0.05) is 31.2 Å². The summed E-state index contributed by atoms with van der Waals surface area (Å²) in [5.41, 5.74) is 0. The number of rotatable bonds is 5. The molecule has 0 aromatic rings. The molecule has 1 saturated carbocycles. The van der Waals surface area contributed by atoms with Crippen molar-refractivity contribution in [2.75, 3.05) is 13.1 Å². The number of nitrogens with zero attached hydrogens (tertiary/aromatic N) is 1. The van der Waals surface area contributed by atoms with E-state index in [1.54, 1.807) is 0 Å². The van der Waals surface area contributed by atoms with Crippen molar-refractivity contribution in [3.63, 3.8) is 0 Å². The number of hydrogen-bond donors (Lipinski definition) is 1. The summed E-state index contributed by atoms with van der Waals surface area (Å²) in [6.07, 6.45) is 8.48. The van der Waals surface area contributed by atoms with E-state index in [0.717, 1.165) is 23.9 Å². The van der Waals surface area contributed by atoms with Crippen LogP contribution in [0.5, 0.6) is 0 Å². The second kappa shape index (κ2) is 7.08. The highest BCUT2D eigenvalue weighted by Crippen LogP contribution is 2.32. The Kier molecular flexibility index (Phi) is 5.70. The lowest BCUT2D eigenvalue weighted by molar-refractivity contribution is 0.0542. The van der Waals surface area contributed by atoms with Gasteiger partial charge in [-0.3, -0.25) is 4.90 Å². The fourth-order valence-corrected chi connectivity index (χ4v) is 4.20. The molecule has 2 aliphatic rings. The van der Waals surface area contributed by atoms with Gasteiger partial charge in [0.05, 0.1) is 0 Å². The van der Waals surface area contributed by atoms with Gasteiger partial charge in [0.2, 0.25) is 0 Å². The van der Waals surface area contributed by atoms with Crippen molar-refractivity contribution in [3.8, 4) is 0 Å². The lowest BCUT2D eigenvalue weighted by Crippen LogP contribution is -2.60. The first-order valence-corrected chi connectivity index (χ1v) is 8.61. The lowest BCUT2D eigenvalue weighted by atomic mass is 9.92. The van der Waals surface area contributed by atoms with Crippen molar-refractivity contribution in [2.24, 2.45) is 11.8 Å². The molecule has 19 heavy (non-hydrogen) atoms. The normalized spacial score (nSPS) is 32.1. The fraction of sp³-hybridized carbons (Fsp3) is 1.00. The molecule has 0 amide bonds. The van der Waals surface area contributed by atoms with Crippen molar-refractivity contribution in [3.05, 3.63) is 0 Å². The lowest BCUT2D eigenvalue weighted by Gasteiger charge is -2.45. The largest absolute Gasteiger partial charge is 0.311 e. The Morgan fingerprint density at radius 1 is 1.16 bits per heavy atom. The van der Waals surface area contributed by atoms with Crippen molar-refractivity contribution >= 4 is 0 Å². The second-order valence-electron chi connectivity index (χ2n) is 7.28. The highest BCUT2D eigenvalue weighted by molar-refractivity contribution is 4.91. The third kappa shape index (κ3) is 3.95. The van der Waals surface area contributed by atoms with Crippen molar-refractivity contribution in [2.45, 2.75) is 84.3 Å². The quantitative estimate of drug-likeness (QED) is 0.817. The Hall–Kier alpha value is -0.0800. The number of piperazine rings is 1. The van der Waals surface area contributed by atoms with Crippen LogP contribution < -0.4 is 5.32 Å². The van der Waals surface area contributed by atoms with Gasteiger partial charge < -0.3 is 5.32 Å². The molecule has 0 spiro atoms. The molecule has 0 bridgehead atoms. The molecule has 1 aliphatic carbocycles.